The molecule has 1 N–H and O–H groups in total. The second-order valence-corrected chi connectivity index (χ2v) is 7.59. The summed E-state index contributed by atoms with van der Waals surface area (Å²) in [5.41, 5.74) is 1.03. The lowest BCUT2D eigenvalue weighted by atomic mass is 9.70. The molecule has 0 aromatic heterocycles. The maximum absolute atomic E-state index is 13.4. The van der Waals surface area contributed by atoms with Crippen LogP contribution >= 0.6 is 0 Å². The van der Waals surface area contributed by atoms with Crippen molar-refractivity contribution in [2.45, 2.75) is 30.3 Å². The number of hydrogen-bond donors (Lipinski definition) is 1. The van der Waals surface area contributed by atoms with Crippen LogP contribution in [0.2, 0.25) is 0 Å². The molecule has 0 saturated carbocycles. The Kier molecular flexibility index (Phi) is 2.42. The Bertz CT molecular complexity index is 850. The number of ether oxygens (including phenoxy) is 2. The molecule has 128 valence electrons. The van der Waals surface area contributed by atoms with E-state index >= 15 is 0 Å². The first-order valence-electron chi connectivity index (χ1n) is 8.77. The van der Waals surface area contributed by atoms with Crippen LogP contribution in [-0.2, 0) is 19.1 Å². The summed E-state index contributed by atoms with van der Waals surface area (Å²) in [7, 11) is 0. The van der Waals surface area contributed by atoms with E-state index in [1.807, 2.05) is 41.3 Å². The third-order valence-corrected chi connectivity index (χ3v) is 6.66. The highest BCUT2D eigenvalue weighted by Crippen LogP contribution is 2.62. The average Bonchev–Trinajstić information content (AvgIpc) is 3.35. The lowest BCUT2D eigenvalue weighted by Crippen LogP contribution is -2.53. The fourth-order valence-electron chi connectivity index (χ4n) is 5.86. The summed E-state index contributed by atoms with van der Waals surface area (Å²) in [4.78, 5) is 27.0. The molecule has 5 heterocycles. The van der Waals surface area contributed by atoms with Gasteiger partial charge in [-0.2, -0.15) is 0 Å². The van der Waals surface area contributed by atoms with Gasteiger partial charge < -0.3 is 19.5 Å². The minimum atomic E-state index is -0.957. The van der Waals surface area contributed by atoms with Gasteiger partial charge in [0.15, 0.2) is 0 Å². The van der Waals surface area contributed by atoms with Crippen molar-refractivity contribution < 1.29 is 24.2 Å². The molecule has 0 radical (unpaired) electrons. The molecule has 5 aliphatic rings. The van der Waals surface area contributed by atoms with Crippen LogP contribution in [0.4, 0.5) is 5.69 Å². The van der Waals surface area contributed by atoms with Gasteiger partial charge in [-0.05, 0) is 12.5 Å². The lowest BCUT2D eigenvalue weighted by Gasteiger charge is -2.43. The number of amides is 1. The maximum atomic E-state index is 13.4. The van der Waals surface area contributed by atoms with Crippen LogP contribution in [0.25, 0.3) is 0 Å². The number of nitrogens with zero attached hydrogens (tertiary/aromatic N) is 1. The average molecular weight is 339 g/mol. The van der Waals surface area contributed by atoms with E-state index in [-0.39, 0.29) is 24.0 Å². The molecule has 3 fully saturated rings. The zero-order valence-electron chi connectivity index (χ0n) is 13.4. The number of carboxylic acid groups (broad SMARTS) is 1. The Morgan fingerprint density at radius 2 is 2.16 bits per heavy atom. The second kappa shape index (κ2) is 4.31. The van der Waals surface area contributed by atoms with E-state index in [0.717, 1.165) is 17.7 Å². The highest BCUT2D eigenvalue weighted by atomic mass is 16.5. The lowest BCUT2D eigenvalue weighted by molar-refractivity contribution is -0.146. The van der Waals surface area contributed by atoms with Crippen LogP contribution in [0.1, 0.15) is 18.1 Å². The van der Waals surface area contributed by atoms with Crippen LogP contribution in [0.15, 0.2) is 36.4 Å². The van der Waals surface area contributed by atoms with Crippen molar-refractivity contribution in [2.75, 3.05) is 11.5 Å². The van der Waals surface area contributed by atoms with Crippen LogP contribution in [0.5, 0.6) is 0 Å². The monoisotopic (exact) mass is 339 g/mol. The number of carboxylic acids is 1. The molecule has 25 heavy (non-hydrogen) atoms. The van der Waals surface area contributed by atoms with E-state index in [9.17, 15) is 14.7 Å². The van der Waals surface area contributed by atoms with Gasteiger partial charge >= 0.3 is 5.97 Å². The number of rotatable bonds is 1. The third kappa shape index (κ3) is 1.42. The fraction of sp³-hybridized carbons (Fsp3) is 0.474. The van der Waals surface area contributed by atoms with Crippen LogP contribution in [0.3, 0.4) is 0 Å². The number of benzene rings is 1. The molecule has 3 saturated heterocycles. The number of carbonyl (C=O) groups is 2. The molecular weight excluding hydrogens is 322 g/mol. The summed E-state index contributed by atoms with van der Waals surface area (Å²) in [5.74, 6) is -2.42. The number of carbonyl (C=O) groups excluding carboxylic acids is 1. The molecule has 5 aliphatic heterocycles. The van der Waals surface area contributed by atoms with Crippen molar-refractivity contribution in [1.82, 2.24) is 0 Å². The number of para-hydroxylation sites is 1. The summed E-state index contributed by atoms with van der Waals surface area (Å²) in [5, 5.41) is 9.70. The van der Waals surface area contributed by atoms with Crippen molar-refractivity contribution >= 4 is 17.6 Å². The Morgan fingerprint density at radius 1 is 1.32 bits per heavy atom. The molecule has 2 bridgehead atoms. The number of anilines is 1. The summed E-state index contributed by atoms with van der Waals surface area (Å²) in [6.45, 7) is 0.651. The van der Waals surface area contributed by atoms with Gasteiger partial charge in [0.2, 0.25) is 5.91 Å². The summed E-state index contributed by atoms with van der Waals surface area (Å²) < 4.78 is 12.2. The first-order chi connectivity index (χ1) is 12.1. The van der Waals surface area contributed by atoms with Gasteiger partial charge in [0, 0.05) is 23.8 Å². The second-order valence-electron chi connectivity index (χ2n) is 7.59. The molecule has 1 amide bonds. The van der Waals surface area contributed by atoms with Crippen LogP contribution in [-0.4, -0.2) is 41.3 Å². The number of aliphatic carboxylic acids is 1. The van der Waals surface area contributed by atoms with Gasteiger partial charge in [-0.1, -0.05) is 30.4 Å². The predicted octanol–water partition coefficient (Wildman–Crippen LogP) is 1.52. The van der Waals surface area contributed by atoms with E-state index in [1.165, 1.54) is 0 Å². The standard InChI is InChI=1S/C19H17NO5/c21-17-14-13(18(22)23)12-5-7-19(14,25-12)16-10-6-8-24-15(10)9-3-1-2-4-11(9)20(16)17/h1-5,7,10,12-16H,6,8H2,(H,22,23)/t10-,12-,13-,14+,15-,16-,19-/m0/s1. The van der Waals surface area contributed by atoms with Crippen LogP contribution in [0, 0.1) is 17.8 Å². The molecule has 6 nitrogen and oxygen atoms in total. The first kappa shape index (κ1) is 14.0. The van der Waals surface area contributed by atoms with E-state index in [2.05, 4.69) is 0 Å². The van der Waals surface area contributed by atoms with Gasteiger partial charge in [0.25, 0.3) is 0 Å². The van der Waals surface area contributed by atoms with Crippen molar-refractivity contribution in [2.24, 2.45) is 17.8 Å². The molecule has 6 heteroatoms. The quantitative estimate of drug-likeness (QED) is 0.785. The molecular formula is C19H17NO5. The number of fused-ring (bicyclic) bond motifs is 7. The molecule has 0 aliphatic carbocycles. The van der Waals surface area contributed by atoms with Crippen molar-refractivity contribution in [3.63, 3.8) is 0 Å². The highest BCUT2D eigenvalue weighted by Gasteiger charge is 2.74. The Morgan fingerprint density at radius 3 is 3.00 bits per heavy atom. The van der Waals surface area contributed by atoms with E-state index < -0.39 is 29.5 Å². The summed E-state index contributed by atoms with van der Waals surface area (Å²) in [6.07, 6.45) is 4.07. The fourth-order valence-corrected chi connectivity index (χ4v) is 5.86. The largest absolute Gasteiger partial charge is 0.481 e. The minimum Gasteiger partial charge on any atom is -0.481 e. The highest BCUT2D eigenvalue weighted by molar-refractivity contribution is 6.04. The third-order valence-electron chi connectivity index (χ3n) is 6.66. The van der Waals surface area contributed by atoms with Gasteiger partial charge in [0.05, 0.1) is 24.2 Å². The van der Waals surface area contributed by atoms with Gasteiger partial charge in [-0.25, -0.2) is 0 Å². The van der Waals surface area contributed by atoms with E-state index in [4.69, 9.17) is 9.47 Å². The van der Waals surface area contributed by atoms with Gasteiger partial charge in [-0.3, -0.25) is 9.59 Å². The summed E-state index contributed by atoms with van der Waals surface area (Å²) >= 11 is 0. The van der Waals surface area contributed by atoms with Crippen LogP contribution < -0.4 is 4.90 Å². The Hall–Kier alpha value is -2.18. The maximum Gasteiger partial charge on any atom is 0.310 e. The number of hydrogen-bond acceptors (Lipinski definition) is 4. The molecule has 6 rings (SSSR count). The van der Waals surface area contributed by atoms with Crippen molar-refractivity contribution in [3.8, 4) is 0 Å². The van der Waals surface area contributed by atoms with E-state index in [0.29, 0.717) is 6.61 Å². The molecule has 7 atom stereocenters. The summed E-state index contributed by atoms with van der Waals surface area (Å²) in [6, 6.07) is 7.61. The van der Waals surface area contributed by atoms with Crippen molar-refractivity contribution in [1.29, 1.82) is 0 Å². The Labute approximate surface area is 144 Å². The smallest absolute Gasteiger partial charge is 0.310 e. The zero-order valence-corrected chi connectivity index (χ0v) is 13.4. The normalized spacial score (nSPS) is 45.3. The predicted molar refractivity (Wildman–Crippen MR) is 85.9 cm³/mol. The van der Waals surface area contributed by atoms with Crippen molar-refractivity contribution in [3.05, 3.63) is 42.0 Å². The molecule has 1 spiro atoms. The molecule has 1 aromatic carbocycles. The van der Waals surface area contributed by atoms with Gasteiger partial charge in [-0.15, -0.1) is 0 Å². The van der Waals surface area contributed by atoms with Gasteiger partial charge in [0.1, 0.15) is 11.5 Å². The Balaban J connectivity index is 1.59. The molecule has 1 aromatic rings. The SMILES string of the molecule is O=C(O)[C@H]1[C@@H]2C=C[C@@]3(O2)[C@@H]2[C@H]4CCO[C@H]4c4ccccc4N2C(=O)[C@@H]13. The van der Waals surface area contributed by atoms with E-state index in [1.54, 1.807) is 0 Å². The minimum absolute atomic E-state index is 0.0571. The molecule has 0 unspecified atom stereocenters. The topological polar surface area (TPSA) is 76.1 Å². The first-order valence-corrected chi connectivity index (χ1v) is 8.77. The zero-order chi connectivity index (χ0) is 16.9.